The number of anilines is 3. The summed E-state index contributed by atoms with van der Waals surface area (Å²) in [7, 11) is 0. The predicted octanol–water partition coefficient (Wildman–Crippen LogP) is 3.41. The summed E-state index contributed by atoms with van der Waals surface area (Å²) in [5, 5.41) is 23.7. The van der Waals surface area contributed by atoms with Gasteiger partial charge in [0.15, 0.2) is 5.65 Å². The second-order valence-electron chi connectivity index (χ2n) is 9.22. The molecule has 2 aromatic heterocycles. The highest BCUT2D eigenvalue weighted by atomic mass is 16.5. The molecule has 3 aromatic rings. The van der Waals surface area contributed by atoms with Crippen LogP contribution in [0.25, 0.3) is 5.65 Å². The molecule has 10 heteroatoms. The topological polar surface area (TPSA) is 126 Å². The van der Waals surface area contributed by atoms with E-state index in [1.54, 1.807) is 4.52 Å². The Balaban J connectivity index is 1.47. The summed E-state index contributed by atoms with van der Waals surface area (Å²) in [6.07, 6.45) is 4.10. The Morgan fingerprint density at radius 3 is 2.60 bits per heavy atom. The Labute approximate surface area is 205 Å². The molecule has 1 amide bonds. The van der Waals surface area contributed by atoms with Crippen molar-refractivity contribution in [3.05, 3.63) is 41.6 Å². The first kappa shape index (κ1) is 24.9. The van der Waals surface area contributed by atoms with Gasteiger partial charge < -0.3 is 25.8 Å². The number of aliphatic hydroxyl groups is 1. The first-order valence-corrected chi connectivity index (χ1v) is 12.3. The maximum absolute atomic E-state index is 12.5. The molecule has 1 aromatic carbocycles. The standard InChI is InChI=1S/C25H35N7O3/c1-4-19(15-33)29-24-30-22-21(16(2)3)14-27-32(22)25(31-24)26-13-17-5-7-20(8-6-17)28-23(34)18-9-11-35-12-10-18/h5-8,14,16,18-19,33H,4,9-13,15H2,1-3H3,(H,28,34)(H2,26,29,30,31)/t19-/m0/s1. The Kier molecular flexibility index (Phi) is 8.14. The van der Waals surface area contributed by atoms with Crippen LogP contribution in [0.15, 0.2) is 30.5 Å². The number of amides is 1. The van der Waals surface area contributed by atoms with E-state index >= 15 is 0 Å². The van der Waals surface area contributed by atoms with Crippen molar-refractivity contribution in [2.45, 2.75) is 58.5 Å². The normalized spacial score (nSPS) is 15.3. The average Bonchev–Trinajstić information content (AvgIpc) is 3.31. The summed E-state index contributed by atoms with van der Waals surface area (Å²) in [4.78, 5) is 21.8. The van der Waals surface area contributed by atoms with E-state index in [-0.39, 0.29) is 30.4 Å². The zero-order chi connectivity index (χ0) is 24.8. The number of hydrogen-bond donors (Lipinski definition) is 4. The van der Waals surface area contributed by atoms with Crippen molar-refractivity contribution in [2.24, 2.45) is 5.92 Å². The molecule has 0 unspecified atom stereocenters. The Bertz CT molecular complexity index is 1120. The summed E-state index contributed by atoms with van der Waals surface area (Å²) in [5.41, 5.74) is 3.58. The quantitative estimate of drug-likeness (QED) is 0.347. The molecule has 0 aliphatic carbocycles. The van der Waals surface area contributed by atoms with Crippen molar-refractivity contribution >= 4 is 29.1 Å². The van der Waals surface area contributed by atoms with Crippen LogP contribution >= 0.6 is 0 Å². The van der Waals surface area contributed by atoms with Gasteiger partial charge in [-0.2, -0.15) is 19.6 Å². The molecule has 1 aliphatic heterocycles. The fraction of sp³-hybridized carbons (Fsp3) is 0.520. The molecule has 1 fully saturated rings. The summed E-state index contributed by atoms with van der Waals surface area (Å²) in [6, 6.07) is 7.65. The lowest BCUT2D eigenvalue weighted by molar-refractivity contribution is -0.122. The van der Waals surface area contributed by atoms with Gasteiger partial charge in [0, 0.05) is 36.9 Å². The van der Waals surface area contributed by atoms with Gasteiger partial charge in [0.05, 0.1) is 18.8 Å². The predicted molar refractivity (Wildman–Crippen MR) is 136 cm³/mol. The Hall–Kier alpha value is -3.24. The molecule has 1 aliphatic rings. The molecular formula is C25H35N7O3. The average molecular weight is 482 g/mol. The van der Waals surface area contributed by atoms with Crippen LogP contribution in [-0.4, -0.2) is 56.5 Å². The van der Waals surface area contributed by atoms with Crippen LogP contribution in [0.2, 0.25) is 0 Å². The van der Waals surface area contributed by atoms with Crippen molar-refractivity contribution in [3.63, 3.8) is 0 Å². The lowest BCUT2D eigenvalue weighted by atomic mass is 9.99. The highest BCUT2D eigenvalue weighted by Crippen LogP contribution is 2.23. The van der Waals surface area contributed by atoms with Gasteiger partial charge in [-0.15, -0.1) is 0 Å². The van der Waals surface area contributed by atoms with Crippen molar-refractivity contribution in [3.8, 4) is 0 Å². The number of nitrogens with zero attached hydrogens (tertiary/aromatic N) is 4. The highest BCUT2D eigenvalue weighted by molar-refractivity contribution is 5.92. The fourth-order valence-electron chi connectivity index (χ4n) is 4.03. The minimum absolute atomic E-state index is 0.00150. The third-order valence-corrected chi connectivity index (χ3v) is 6.33. The molecule has 4 N–H and O–H groups in total. The van der Waals surface area contributed by atoms with E-state index in [4.69, 9.17) is 4.74 Å². The van der Waals surface area contributed by atoms with E-state index in [0.717, 1.165) is 41.7 Å². The Morgan fingerprint density at radius 2 is 1.94 bits per heavy atom. The molecule has 0 radical (unpaired) electrons. The van der Waals surface area contributed by atoms with Gasteiger partial charge in [-0.1, -0.05) is 32.9 Å². The number of carbonyl (C=O) groups is 1. The molecule has 188 valence electrons. The number of fused-ring (bicyclic) bond motifs is 1. The second kappa shape index (κ2) is 11.5. The number of ether oxygens (including phenoxy) is 1. The summed E-state index contributed by atoms with van der Waals surface area (Å²) in [6.45, 7) is 8.01. The first-order valence-electron chi connectivity index (χ1n) is 12.3. The molecule has 1 atom stereocenters. The smallest absolute Gasteiger partial charge is 0.229 e. The third kappa shape index (κ3) is 6.07. The zero-order valence-corrected chi connectivity index (χ0v) is 20.6. The van der Waals surface area contributed by atoms with Crippen LogP contribution in [0, 0.1) is 5.92 Å². The molecule has 0 saturated carbocycles. The molecule has 4 rings (SSSR count). The van der Waals surface area contributed by atoms with Gasteiger partial charge in [-0.05, 0) is 42.9 Å². The van der Waals surface area contributed by atoms with Crippen LogP contribution in [-0.2, 0) is 16.1 Å². The lowest BCUT2D eigenvalue weighted by Gasteiger charge is -2.21. The molecule has 10 nitrogen and oxygen atoms in total. The molecule has 0 spiro atoms. The van der Waals surface area contributed by atoms with E-state index in [1.165, 1.54) is 0 Å². The minimum atomic E-state index is -0.125. The maximum Gasteiger partial charge on any atom is 0.229 e. The van der Waals surface area contributed by atoms with Crippen molar-refractivity contribution in [1.82, 2.24) is 19.6 Å². The number of hydrogen-bond acceptors (Lipinski definition) is 8. The number of nitrogens with one attached hydrogen (secondary N) is 3. The van der Waals surface area contributed by atoms with Gasteiger partial charge in [-0.3, -0.25) is 4.79 Å². The van der Waals surface area contributed by atoms with Gasteiger partial charge in [-0.25, -0.2) is 0 Å². The number of aliphatic hydroxyl groups excluding tert-OH is 1. The summed E-state index contributed by atoms with van der Waals surface area (Å²) in [5.74, 6) is 1.34. The van der Waals surface area contributed by atoms with Crippen LogP contribution in [0.5, 0.6) is 0 Å². The summed E-state index contributed by atoms with van der Waals surface area (Å²) < 4.78 is 7.05. The van der Waals surface area contributed by atoms with E-state index in [1.807, 2.05) is 37.4 Å². The number of benzene rings is 1. The minimum Gasteiger partial charge on any atom is -0.394 e. The van der Waals surface area contributed by atoms with Gasteiger partial charge >= 0.3 is 0 Å². The monoisotopic (exact) mass is 481 g/mol. The van der Waals surface area contributed by atoms with Gasteiger partial charge in [0.2, 0.25) is 17.8 Å². The van der Waals surface area contributed by atoms with Crippen LogP contribution in [0.1, 0.15) is 57.1 Å². The van der Waals surface area contributed by atoms with E-state index in [2.05, 4.69) is 44.9 Å². The van der Waals surface area contributed by atoms with Gasteiger partial charge in [0.1, 0.15) is 0 Å². The Morgan fingerprint density at radius 1 is 1.20 bits per heavy atom. The molecule has 0 bridgehead atoms. The highest BCUT2D eigenvalue weighted by Gasteiger charge is 2.21. The van der Waals surface area contributed by atoms with Crippen molar-refractivity contribution in [1.29, 1.82) is 0 Å². The van der Waals surface area contributed by atoms with Crippen LogP contribution < -0.4 is 16.0 Å². The van der Waals surface area contributed by atoms with Crippen LogP contribution in [0.4, 0.5) is 17.6 Å². The maximum atomic E-state index is 12.5. The largest absolute Gasteiger partial charge is 0.394 e. The first-order chi connectivity index (χ1) is 17.0. The van der Waals surface area contributed by atoms with E-state index in [0.29, 0.717) is 31.7 Å². The molecule has 1 saturated heterocycles. The zero-order valence-electron chi connectivity index (χ0n) is 20.6. The fourth-order valence-corrected chi connectivity index (χ4v) is 4.03. The molecular weight excluding hydrogens is 446 g/mol. The van der Waals surface area contributed by atoms with Gasteiger partial charge in [0.25, 0.3) is 0 Å². The van der Waals surface area contributed by atoms with E-state index < -0.39 is 0 Å². The van der Waals surface area contributed by atoms with E-state index in [9.17, 15) is 9.90 Å². The number of rotatable bonds is 10. The SMILES string of the molecule is CC[C@@H](CO)Nc1nc(NCc2ccc(NC(=O)C3CCOCC3)cc2)n2ncc(C(C)C)c2n1. The second-order valence-corrected chi connectivity index (χ2v) is 9.22. The van der Waals surface area contributed by atoms with Crippen molar-refractivity contribution in [2.75, 3.05) is 35.8 Å². The third-order valence-electron chi connectivity index (χ3n) is 6.33. The molecule has 35 heavy (non-hydrogen) atoms. The number of carbonyl (C=O) groups excluding carboxylic acids is 1. The van der Waals surface area contributed by atoms with Crippen molar-refractivity contribution < 1.29 is 14.6 Å². The molecule has 3 heterocycles. The summed E-state index contributed by atoms with van der Waals surface area (Å²) >= 11 is 0. The van der Waals surface area contributed by atoms with Crippen LogP contribution in [0.3, 0.4) is 0 Å². The number of aromatic nitrogens is 4. The lowest BCUT2D eigenvalue weighted by Crippen LogP contribution is -2.28.